The fourth-order valence-corrected chi connectivity index (χ4v) is 4.84. The first-order valence-electron chi connectivity index (χ1n) is 13.7. The molecule has 2 amide bonds. The Morgan fingerprint density at radius 2 is 1.76 bits per heavy atom. The van der Waals surface area contributed by atoms with Gasteiger partial charge in [0.25, 0.3) is 11.8 Å². The molecule has 10 nitrogen and oxygen atoms in total. The van der Waals surface area contributed by atoms with Gasteiger partial charge >= 0.3 is 5.97 Å². The molecule has 1 N–H and O–H groups in total. The molecule has 1 saturated heterocycles. The number of carbonyl (C=O) groups excluding carboxylic acids is 3. The van der Waals surface area contributed by atoms with Gasteiger partial charge in [-0.05, 0) is 70.3 Å². The summed E-state index contributed by atoms with van der Waals surface area (Å²) in [5.74, 6) is -0.524. The maximum absolute atomic E-state index is 12.9. The normalized spacial score (nSPS) is 17.3. The number of rotatable bonds is 7. The summed E-state index contributed by atoms with van der Waals surface area (Å²) in [7, 11) is 2.05. The number of carbonyl (C=O) groups is 3. The van der Waals surface area contributed by atoms with E-state index in [2.05, 4.69) is 10.2 Å². The van der Waals surface area contributed by atoms with Gasteiger partial charge in [0, 0.05) is 63.6 Å². The standard InChI is InChI=1S/C28H39N5O5/c1-3-33-25-23(7-4-18-37-19-6-13-29-26(25)34)24(30-33)8-5-20-38-28(36)22-11-9-21(10-12-22)27(35)32-16-14-31(2)15-17-32/h9-12H,3-8,13-20H2,1-2H3,(H,29,34). The van der Waals surface area contributed by atoms with Gasteiger partial charge in [-0.25, -0.2) is 4.79 Å². The Morgan fingerprint density at radius 1 is 1.05 bits per heavy atom. The van der Waals surface area contributed by atoms with Gasteiger partial charge in [0.05, 0.1) is 17.9 Å². The minimum Gasteiger partial charge on any atom is -0.462 e. The Morgan fingerprint density at radius 3 is 2.50 bits per heavy atom. The molecule has 1 fully saturated rings. The summed E-state index contributed by atoms with van der Waals surface area (Å²) in [6.07, 6.45) is 3.53. The number of ether oxygens (including phenoxy) is 2. The Balaban J connectivity index is 1.31. The van der Waals surface area contributed by atoms with Crippen LogP contribution in [0.25, 0.3) is 0 Å². The highest BCUT2D eigenvalue weighted by Crippen LogP contribution is 2.20. The number of hydrogen-bond acceptors (Lipinski definition) is 7. The number of aryl methyl sites for hydroxylation is 2. The van der Waals surface area contributed by atoms with E-state index >= 15 is 0 Å². The molecule has 3 heterocycles. The van der Waals surface area contributed by atoms with Crippen LogP contribution in [-0.2, 0) is 28.9 Å². The molecule has 0 radical (unpaired) electrons. The molecular weight excluding hydrogens is 486 g/mol. The summed E-state index contributed by atoms with van der Waals surface area (Å²) in [6, 6.07) is 6.67. The van der Waals surface area contributed by atoms with Crippen LogP contribution in [0.15, 0.2) is 24.3 Å². The van der Waals surface area contributed by atoms with Crippen molar-refractivity contribution in [3.8, 4) is 0 Å². The van der Waals surface area contributed by atoms with Crippen molar-refractivity contribution in [1.29, 1.82) is 0 Å². The fraction of sp³-hybridized carbons (Fsp3) is 0.571. The van der Waals surface area contributed by atoms with Gasteiger partial charge in [0.15, 0.2) is 0 Å². The molecule has 4 rings (SSSR count). The average Bonchev–Trinajstić information content (AvgIpc) is 3.27. The zero-order valence-corrected chi connectivity index (χ0v) is 22.5. The number of amides is 2. The lowest BCUT2D eigenvalue weighted by atomic mass is 10.0. The highest BCUT2D eigenvalue weighted by molar-refractivity contribution is 5.96. The summed E-state index contributed by atoms with van der Waals surface area (Å²) < 4.78 is 12.9. The van der Waals surface area contributed by atoms with Crippen molar-refractivity contribution in [2.45, 2.75) is 45.6 Å². The summed E-state index contributed by atoms with van der Waals surface area (Å²) in [5, 5.41) is 7.69. The number of nitrogens with one attached hydrogen (secondary N) is 1. The first-order valence-corrected chi connectivity index (χ1v) is 13.7. The predicted octanol–water partition coefficient (Wildman–Crippen LogP) is 2.16. The minimum atomic E-state index is -0.418. The summed E-state index contributed by atoms with van der Waals surface area (Å²) >= 11 is 0. The van der Waals surface area contributed by atoms with Gasteiger partial charge in [0.2, 0.25) is 0 Å². The molecule has 0 bridgehead atoms. The first-order chi connectivity index (χ1) is 18.5. The van der Waals surface area contributed by atoms with E-state index in [1.807, 2.05) is 18.9 Å². The number of fused-ring (bicyclic) bond motifs is 1. The molecule has 2 aliphatic heterocycles. The number of likely N-dealkylation sites (N-methyl/N-ethyl adjacent to an activating group) is 1. The van der Waals surface area contributed by atoms with Crippen molar-refractivity contribution >= 4 is 17.8 Å². The second-order valence-corrected chi connectivity index (χ2v) is 9.83. The maximum Gasteiger partial charge on any atom is 0.338 e. The first kappa shape index (κ1) is 27.8. The largest absolute Gasteiger partial charge is 0.462 e. The second kappa shape index (κ2) is 13.5. The number of aromatic nitrogens is 2. The number of hydrogen-bond donors (Lipinski definition) is 1. The van der Waals surface area contributed by atoms with Crippen LogP contribution in [0.4, 0.5) is 0 Å². The van der Waals surface area contributed by atoms with Gasteiger partial charge in [-0.1, -0.05) is 0 Å². The monoisotopic (exact) mass is 525 g/mol. The SMILES string of the molecule is CCn1nc(CCCOC(=O)c2ccc(C(=O)N3CCN(C)CC3)cc2)c2c1C(=O)NCCCOCCC2. The highest BCUT2D eigenvalue weighted by atomic mass is 16.5. The Labute approximate surface area is 224 Å². The zero-order valence-electron chi connectivity index (χ0n) is 22.5. The summed E-state index contributed by atoms with van der Waals surface area (Å²) in [5.41, 5.74) is 3.46. The molecule has 0 saturated carbocycles. The Kier molecular flexibility index (Phi) is 9.89. The van der Waals surface area contributed by atoms with Crippen LogP contribution in [-0.4, -0.2) is 97.0 Å². The zero-order chi connectivity index (χ0) is 26.9. The van der Waals surface area contributed by atoms with E-state index in [0.717, 1.165) is 43.6 Å². The van der Waals surface area contributed by atoms with Crippen molar-refractivity contribution in [3.63, 3.8) is 0 Å². The lowest BCUT2D eigenvalue weighted by molar-refractivity contribution is 0.0499. The number of nitrogens with zero attached hydrogens (tertiary/aromatic N) is 4. The van der Waals surface area contributed by atoms with Crippen molar-refractivity contribution in [3.05, 3.63) is 52.3 Å². The van der Waals surface area contributed by atoms with E-state index in [1.54, 1.807) is 28.9 Å². The Bertz CT molecular complexity index is 1110. The van der Waals surface area contributed by atoms with Gasteiger partial charge in [-0.15, -0.1) is 0 Å². The third kappa shape index (κ3) is 6.99. The van der Waals surface area contributed by atoms with Crippen molar-refractivity contribution in [2.24, 2.45) is 0 Å². The minimum absolute atomic E-state index is 0.0124. The van der Waals surface area contributed by atoms with Crippen LogP contribution < -0.4 is 5.32 Å². The van der Waals surface area contributed by atoms with E-state index in [-0.39, 0.29) is 18.4 Å². The molecule has 0 unspecified atom stereocenters. The predicted molar refractivity (Wildman–Crippen MR) is 142 cm³/mol. The van der Waals surface area contributed by atoms with Gasteiger partial charge in [-0.3, -0.25) is 14.3 Å². The van der Waals surface area contributed by atoms with E-state index in [4.69, 9.17) is 14.6 Å². The third-order valence-electron chi connectivity index (χ3n) is 7.06. The number of esters is 1. The summed E-state index contributed by atoms with van der Waals surface area (Å²) in [4.78, 5) is 42.2. The van der Waals surface area contributed by atoms with Gasteiger partial charge in [0.1, 0.15) is 5.69 Å². The fourth-order valence-electron chi connectivity index (χ4n) is 4.84. The molecule has 206 valence electrons. The van der Waals surface area contributed by atoms with E-state index in [1.165, 1.54) is 0 Å². The molecule has 0 aliphatic carbocycles. The van der Waals surface area contributed by atoms with Gasteiger partial charge in [-0.2, -0.15) is 5.10 Å². The maximum atomic E-state index is 12.9. The molecule has 2 aromatic rings. The van der Waals surface area contributed by atoms with Crippen LogP contribution in [0.2, 0.25) is 0 Å². The van der Waals surface area contributed by atoms with Crippen molar-refractivity contribution in [2.75, 3.05) is 59.6 Å². The van der Waals surface area contributed by atoms with E-state index < -0.39 is 5.97 Å². The van der Waals surface area contributed by atoms with Crippen LogP contribution in [0.3, 0.4) is 0 Å². The van der Waals surface area contributed by atoms with Crippen LogP contribution in [0.5, 0.6) is 0 Å². The third-order valence-corrected chi connectivity index (χ3v) is 7.06. The molecule has 1 aromatic carbocycles. The number of piperazine rings is 1. The van der Waals surface area contributed by atoms with E-state index in [9.17, 15) is 14.4 Å². The molecule has 0 atom stereocenters. The van der Waals surface area contributed by atoms with Crippen molar-refractivity contribution in [1.82, 2.24) is 24.9 Å². The van der Waals surface area contributed by atoms with Gasteiger partial charge < -0.3 is 24.6 Å². The summed E-state index contributed by atoms with van der Waals surface area (Å²) in [6.45, 7) is 7.82. The Hall–Kier alpha value is -3.24. The van der Waals surface area contributed by atoms with Crippen LogP contribution in [0.1, 0.15) is 68.6 Å². The quantitative estimate of drug-likeness (QED) is 0.436. The van der Waals surface area contributed by atoms with Crippen molar-refractivity contribution < 1.29 is 23.9 Å². The average molecular weight is 526 g/mol. The van der Waals surface area contributed by atoms with Crippen LogP contribution >= 0.6 is 0 Å². The molecular formula is C28H39N5O5. The molecule has 2 aliphatic rings. The topological polar surface area (TPSA) is 106 Å². The lowest BCUT2D eigenvalue weighted by Crippen LogP contribution is -2.47. The molecule has 38 heavy (non-hydrogen) atoms. The number of benzene rings is 1. The second-order valence-electron chi connectivity index (χ2n) is 9.83. The smallest absolute Gasteiger partial charge is 0.338 e. The molecule has 1 aromatic heterocycles. The lowest BCUT2D eigenvalue weighted by Gasteiger charge is -2.32. The van der Waals surface area contributed by atoms with Crippen LogP contribution in [0, 0.1) is 0 Å². The highest BCUT2D eigenvalue weighted by Gasteiger charge is 2.23. The molecule has 10 heteroatoms. The molecule has 0 spiro atoms. The van der Waals surface area contributed by atoms with E-state index in [0.29, 0.717) is 69.1 Å².